The van der Waals surface area contributed by atoms with Crippen LogP contribution in [0, 0.1) is 0 Å². The standard InChI is InChI=1S/C16H17NO3/c1-3-11-7-9-12(10-8-11)20-15-13(16(18)19-2)5-4-6-14(15)17/h4-10H,3,17H2,1-2H3. The Bertz CT molecular complexity index is 606. The van der Waals surface area contributed by atoms with Gasteiger partial charge in [-0.2, -0.15) is 0 Å². The van der Waals surface area contributed by atoms with Crippen molar-refractivity contribution in [3.8, 4) is 11.5 Å². The molecule has 0 amide bonds. The van der Waals surface area contributed by atoms with Crippen LogP contribution in [0.4, 0.5) is 5.69 Å². The Hall–Kier alpha value is -2.49. The second-order valence-electron chi connectivity index (χ2n) is 4.32. The van der Waals surface area contributed by atoms with E-state index in [0.29, 0.717) is 22.7 Å². The lowest BCUT2D eigenvalue weighted by atomic mass is 10.1. The summed E-state index contributed by atoms with van der Waals surface area (Å²) in [4.78, 5) is 11.7. The van der Waals surface area contributed by atoms with Crippen LogP contribution in [0.25, 0.3) is 0 Å². The van der Waals surface area contributed by atoms with Gasteiger partial charge in [-0.3, -0.25) is 0 Å². The van der Waals surface area contributed by atoms with E-state index >= 15 is 0 Å². The monoisotopic (exact) mass is 271 g/mol. The van der Waals surface area contributed by atoms with Crippen LogP contribution in [0.5, 0.6) is 11.5 Å². The summed E-state index contributed by atoms with van der Waals surface area (Å²) >= 11 is 0. The van der Waals surface area contributed by atoms with E-state index in [1.165, 1.54) is 12.7 Å². The molecule has 2 aromatic carbocycles. The number of para-hydroxylation sites is 1. The fourth-order valence-electron chi connectivity index (χ4n) is 1.85. The lowest BCUT2D eigenvalue weighted by Gasteiger charge is -2.12. The average Bonchev–Trinajstić information content (AvgIpc) is 2.49. The summed E-state index contributed by atoms with van der Waals surface area (Å²) in [6, 6.07) is 12.7. The van der Waals surface area contributed by atoms with Crippen molar-refractivity contribution in [2.24, 2.45) is 0 Å². The lowest BCUT2D eigenvalue weighted by molar-refractivity contribution is 0.0598. The van der Waals surface area contributed by atoms with Crippen LogP contribution in [0.3, 0.4) is 0 Å². The van der Waals surface area contributed by atoms with Gasteiger partial charge in [-0.15, -0.1) is 0 Å². The van der Waals surface area contributed by atoms with E-state index in [-0.39, 0.29) is 0 Å². The number of esters is 1. The van der Waals surface area contributed by atoms with E-state index in [4.69, 9.17) is 15.2 Å². The fraction of sp³-hybridized carbons (Fsp3) is 0.188. The molecule has 4 heteroatoms. The third-order valence-electron chi connectivity index (χ3n) is 3.00. The molecule has 0 heterocycles. The third kappa shape index (κ3) is 2.91. The molecule has 2 rings (SSSR count). The Morgan fingerprint density at radius 3 is 2.45 bits per heavy atom. The highest BCUT2D eigenvalue weighted by atomic mass is 16.5. The highest BCUT2D eigenvalue weighted by Gasteiger charge is 2.16. The molecular formula is C16H17NO3. The molecule has 0 aromatic heterocycles. The smallest absolute Gasteiger partial charge is 0.341 e. The van der Waals surface area contributed by atoms with Crippen molar-refractivity contribution in [2.45, 2.75) is 13.3 Å². The van der Waals surface area contributed by atoms with Gasteiger partial charge in [-0.05, 0) is 36.2 Å². The minimum absolute atomic E-state index is 0.312. The van der Waals surface area contributed by atoms with Gasteiger partial charge < -0.3 is 15.2 Å². The quantitative estimate of drug-likeness (QED) is 0.683. The Morgan fingerprint density at radius 1 is 1.15 bits per heavy atom. The van der Waals surface area contributed by atoms with Crippen molar-refractivity contribution in [1.29, 1.82) is 0 Å². The maximum Gasteiger partial charge on any atom is 0.341 e. The fourth-order valence-corrected chi connectivity index (χ4v) is 1.85. The number of anilines is 1. The van der Waals surface area contributed by atoms with Crippen LogP contribution in [-0.2, 0) is 11.2 Å². The van der Waals surface area contributed by atoms with Gasteiger partial charge in [0.15, 0.2) is 5.75 Å². The normalized spacial score (nSPS) is 10.1. The SMILES string of the molecule is CCc1ccc(Oc2c(N)cccc2C(=O)OC)cc1. The van der Waals surface area contributed by atoms with Gasteiger partial charge in [0.05, 0.1) is 12.8 Å². The summed E-state index contributed by atoms with van der Waals surface area (Å²) in [5.74, 6) is 0.478. The first kappa shape index (κ1) is 13.9. The molecule has 0 spiro atoms. The second kappa shape index (κ2) is 6.10. The zero-order chi connectivity index (χ0) is 14.5. The number of hydrogen-bond acceptors (Lipinski definition) is 4. The second-order valence-corrected chi connectivity index (χ2v) is 4.32. The molecule has 0 saturated heterocycles. The van der Waals surface area contributed by atoms with Crippen molar-refractivity contribution in [2.75, 3.05) is 12.8 Å². The predicted molar refractivity (Wildman–Crippen MR) is 78.1 cm³/mol. The van der Waals surface area contributed by atoms with Crippen LogP contribution in [-0.4, -0.2) is 13.1 Å². The highest BCUT2D eigenvalue weighted by Crippen LogP contribution is 2.31. The molecule has 2 aromatic rings. The summed E-state index contributed by atoms with van der Waals surface area (Å²) in [7, 11) is 1.32. The number of ether oxygens (including phenoxy) is 2. The maximum absolute atomic E-state index is 11.7. The Morgan fingerprint density at radius 2 is 1.85 bits per heavy atom. The number of carbonyl (C=O) groups is 1. The number of nitrogen functional groups attached to an aromatic ring is 1. The van der Waals surface area contributed by atoms with Crippen LogP contribution < -0.4 is 10.5 Å². The van der Waals surface area contributed by atoms with Gasteiger partial charge >= 0.3 is 5.97 Å². The summed E-state index contributed by atoms with van der Waals surface area (Å²) in [5, 5.41) is 0. The molecule has 2 N–H and O–H groups in total. The maximum atomic E-state index is 11.7. The summed E-state index contributed by atoms with van der Waals surface area (Å²) in [6.45, 7) is 2.08. The van der Waals surface area contributed by atoms with Crippen LogP contribution in [0.15, 0.2) is 42.5 Å². The van der Waals surface area contributed by atoms with E-state index in [1.54, 1.807) is 18.2 Å². The van der Waals surface area contributed by atoms with Crippen molar-refractivity contribution in [3.05, 3.63) is 53.6 Å². The van der Waals surface area contributed by atoms with Gasteiger partial charge in [-0.25, -0.2) is 4.79 Å². The zero-order valence-corrected chi connectivity index (χ0v) is 11.6. The number of benzene rings is 2. The number of rotatable bonds is 4. The van der Waals surface area contributed by atoms with Crippen LogP contribution in [0.1, 0.15) is 22.8 Å². The predicted octanol–water partition coefficient (Wildman–Crippen LogP) is 3.41. The number of carbonyl (C=O) groups excluding carboxylic acids is 1. The van der Waals surface area contributed by atoms with E-state index in [9.17, 15) is 4.79 Å². The molecule has 0 aliphatic carbocycles. The molecule has 0 saturated carbocycles. The van der Waals surface area contributed by atoms with Crippen LogP contribution in [0.2, 0.25) is 0 Å². The molecule has 0 radical (unpaired) electrons. The van der Waals surface area contributed by atoms with Gasteiger partial charge in [0, 0.05) is 0 Å². The van der Waals surface area contributed by atoms with E-state index in [2.05, 4.69) is 6.92 Å². The van der Waals surface area contributed by atoms with Gasteiger partial charge in [0.2, 0.25) is 0 Å². The third-order valence-corrected chi connectivity index (χ3v) is 3.00. The van der Waals surface area contributed by atoms with E-state index < -0.39 is 5.97 Å². The first-order valence-electron chi connectivity index (χ1n) is 6.39. The topological polar surface area (TPSA) is 61.5 Å². The number of methoxy groups -OCH3 is 1. The molecule has 0 aliphatic heterocycles. The average molecular weight is 271 g/mol. The number of nitrogens with two attached hydrogens (primary N) is 1. The molecule has 20 heavy (non-hydrogen) atoms. The van der Waals surface area contributed by atoms with Gasteiger partial charge in [0.1, 0.15) is 11.3 Å². The van der Waals surface area contributed by atoms with Crippen molar-refractivity contribution in [3.63, 3.8) is 0 Å². The van der Waals surface area contributed by atoms with E-state index in [0.717, 1.165) is 6.42 Å². The summed E-state index contributed by atoms with van der Waals surface area (Å²) in [6.07, 6.45) is 0.959. The summed E-state index contributed by atoms with van der Waals surface area (Å²) in [5.41, 5.74) is 7.81. The Balaban J connectivity index is 2.34. The molecular weight excluding hydrogens is 254 g/mol. The van der Waals surface area contributed by atoms with Crippen molar-refractivity contribution >= 4 is 11.7 Å². The van der Waals surface area contributed by atoms with E-state index in [1.807, 2.05) is 24.3 Å². The molecule has 0 aliphatic rings. The Labute approximate surface area is 118 Å². The molecule has 0 unspecified atom stereocenters. The minimum Gasteiger partial charge on any atom is -0.465 e. The molecule has 0 fully saturated rings. The largest absolute Gasteiger partial charge is 0.465 e. The number of hydrogen-bond donors (Lipinski definition) is 1. The first-order valence-corrected chi connectivity index (χ1v) is 6.39. The Kier molecular flexibility index (Phi) is 4.25. The van der Waals surface area contributed by atoms with Gasteiger partial charge in [0.25, 0.3) is 0 Å². The molecule has 0 bridgehead atoms. The van der Waals surface area contributed by atoms with Crippen molar-refractivity contribution in [1.82, 2.24) is 0 Å². The molecule has 0 atom stereocenters. The summed E-state index contributed by atoms with van der Waals surface area (Å²) < 4.78 is 10.5. The highest BCUT2D eigenvalue weighted by molar-refractivity contribution is 5.94. The van der Waals surface area contributed by atoms with Crippen molar-refractivity contribution < 1.29 is 14.3 Å². The van der Waals surface area contributed by atoms with Gasteiger partial charge in [-0.1, -0.05) is 25.1 Å². The zero-order valence-electron chi connectivity index (χ0n) is 11.6. The number of aryl methyl sites for hydroxylation is 1. The molecule has 104 valence electrons. The first-order chi connectivity index (χ1) is 9.65. The lowest BCUT2D eigenvalue weighted by Crippen LogP contribution is -2.05. The molecule has 4 nitrogen and oxygen atoms in total. The minimum atomic E-state index is -0.475. The van der Waals surface area contributed by atoms with Crippen LogP contribution >= 0.6 is 0 Å².